The van der Waals surface area contributed by atoms with Gasteiger partial charge in [0.25, 0.3) is 17.7 Å². The maximum Gasteiger partial charge on any atom is 0.416 e. The molecule has 4 N–H and O–H groups in total. The van der Waals surface area contributed by atoms with E-state index in [1.807, 2.05) is 0 Å². The number of morpholine rings is 1. The fourth-order valence-corrected chi connectivity index (χ4v) is 4.59. The van der Waals surface area contributed by atoms with Crippen molar-refractivity contribution in [2.45, 2.75) is 19.1 Å². The first-order valence-electron chi connectivity index (χ1n) is 11.4. The van der Waals surface area contributed by atoms with E-state index >= 15 is 0 Å². The van der Waals surface area contributed by atoms with Crippen LogP contribution in [-0.4, -0.2) is 63.9 Å². The predicted octanol–water partition coefficient (Wildman–Crippen LogP) is 3.40. The van der Waals surface area contributed by atoms with Gasteiger partial charge in [-0.15, -0.1) is 11.3 Å². The van der Waals surface area contributed by atoms with Crippen LogP contribution in [-0.2, 0) is 10.9 Å². The van der Waals surface area contributed by atoms with Gasteiger partial charge in [0.1, 0.15) is 27.1 Å². The van der Waals surface area contributed by atoms with E-state index in [0.717, 1.165) is 29.8 Å². The van der Waals surface area contributed by atoms with Crippen LogP contribution in [0.1, 0.15) is 54.1 Å². The van der Waals surface area contributed by atoms with Gasteiger partial charge in [-0.3, -0.25) is 14.4 Å². The molecule has 1 atom stereocenters. The van der Waals surface area contributed by atoms with Gasteiger partial charge in [0, 0.05) is 24.3 Å². The van der Waals surface area contributed by atoms with Gasteiger partial charge < -0.3 is 26.0 Å². The molecule has 1 aromatic carbocycles. The van der Waals surface area contributed by atoms with Gasteiger partial charge in [-0.2, -0.15) is 13.2 Å². The second-order valence-corrected chi connectivity index (χ2v) is 9.78. The van der Waals surface area contributed by atoms with E-state index in [0.29, 0.717) is 5.01 Å². The van der Waals surface area contributed by atoms with Crippen molar-refractivity contribution in [1.82, 2.24) is 25.2 Å². The third kappa shape index (κ3) is 6.61. The van der Waals surface area contributed by atoms with Crippen LogP contribution in [0.2, 0.25) is 5.02 Å². The highest BCUT2D eigenvalue weighted by atomic mass is 35.5. The number of ether oxygens (including phenoxy) is 1. The zero-order valence-corrected chi connectivity index (χ0v) is 21.8. The molecule has 2 aromatic heterocycles. The van der Waals surface area contributed by atoms with E-state index in [9.17, 15) is 27.6 Å². The summed E-state index contributed by atoms with van der Waals surface area (Å²) in [6.45, 7) is 2.65. The van der Waals surface area contributed by atoms with Gasteiger partial charge in [-0.25, -0.2) is 15.0 Å². The Morgan fingerprint density at radius 1 is 1.13 bits per heavy atom. The standard InChI is InChI=1S/C23H21ClF3N7O4S/c1-11(32-20(36)17-16(24)18(28)31-10-30-17)21-29-9-15(39-21)19(35)33-14-7-12(6-13(8-14)23(25,26)27)22(37)34-2-4-38-5-3-34/h6-11H,2-5H2,1H3,(H,32,36)(H,33,35)(H2,28,30,31). The third-order valence-electron chi connectivity index (χ3n) is 5.56. The number of nitrogen functional groups attached to an aromatic ring is 1. The second-order valence-electron chi connectivity index (χ2n) is 8.33. The number of amides is 3. The van der Waals surface area contributed by atoms with Crippen LogP contribution in [0.15, 0.2) is 30.7 Å². The summed E-state index contributed by atoms with van der Waals surface area (Å²) in [5, 5.41) is 5.25. The summed E-state index contributed by atoms with van der Waals surface area (Å²) in [6, 6.07) is 2.01. The second kappa shape index (κ2) is 11.5. The Morgan fingerprint density at radius 3 is 2.54 bits per heavy atom. The number of nitrogens with one attached hydrogen (secondary N) is 2. The molecule has 1 fully saturated rings. The van der Waals surface area contributed by atoms with Crippen molar-refractivity contribution < 1.29 is 32.3 Å². The van der Waals surface area contributed by atoms with Gasteiger partial charge in [-0.05, 0) is 25.1 Å². The maximum absolute atomic E-state index is 13.6. The van der Waals surface area contributed by atoms with Crippen molar-refractivity contribution in [3.63, 3.8) is 0 Å². The van der Waals surface area contributed by atoms with E-state index in [1.54, 1.807) is 6.92 Å². The molecule has 1 aliphatic rings. The molecule has 16 heteroatoms. The molecule has 0 saturated carbocycles. The summed E-state index contributed by atoms with van der Waals surface area (Å²) in [4.78, 5) is 51.3. The van der Waals surface area contributed by atoms with Crippen molar-refractivity contribution in [2.24, 2.45) is 0 Å². The van der Waals surface area contributed by atoms with Gasteiger partial charge >= 0.3 is 6.18 Å². The first-order valence-corrected chi connectivity index (χ1v) is 12.6. The minimum atomic E-state index is -4.75. The smallest absolute Gasteiger partial charge is 0.382 e. The van der Waals surface area contributed by atoms with Crippen LogP contribution in [0.25, 0.3) is 0 Å². The van der Waals surface area contributed by atoms with Gasteiger partial charge in [-0.1, -0.05) is 11.6 Å². The molecule has 11 nitrogen and oxygen atoms in total. The van der Waals surface area contributed by atoms with Crippen LogP contribution < -0.4 is 16.4 Å². The number of nitrogens with zero attached hydrogens (tertiary/aromatic N) is 4. The minimum absolute atomic E-state index is 0.0638. The van der Waals surface area contributed by atoms with Gasteiger partial charge in [0.05, 0.1) is 31.0 Å². The lowest BCUT2D eigenvalue weighted by Crippen LogP contribution is -2.40. The lowest BCUT2D eigenvalue weighted by molar-refractivity contribution is -0.137. The minimum Gasteiger partial charge on any atom is -0.382 e. The Morgan fingerprint density at radius 2 is 1.85 bits per heavy atom. The zero-order chi connectivity index (χ0) is 28.3. The highest BCUT2D eigenvalue weighted by molar-refractivity contribution is 7.13. The lowest BCUT2D eigenvalue weighted by atomic mass is 10.1. The fourth-order valence-electron chi connectivity index (χ4n) is 3.59. The Kier molecular flexibility index (Phi) is 8.32. The Balaban J connectivity index is 1.50. The third-order valence-corrected chi connectivity index (χ3v) is 7.11. The van der Waals surface area contributed by atoms with Crippen LogP contribution >= 0.6 is 22.9 Å². The number of hydrogen-bond donors (Lipinski definition) is 3. The number of carbonyl (C=O) groups excluding carboxylic acids is 3. The first-order chi connectivity index (χ1) is 18.4. The summed E-state index contributed by atoms with van der Waals surface area (Å²) in [7, 11) is 0. The first kappa shape index (κ1) is 28.2. The average molecular weight is 584 g/mol. The van der Waals surface area contributed by atoms with Crippen LogP contribution in [0.4, 0.5) is 24.7 Å². The Bertz CT molecular complexity index is 1410. The number of benzene rings is 1. The number of rotatable bonds is 6. The molecule has 0 aliphatic carbocycles. The molecule has 3 heterocycles. The molecule has 0 spiro atoms. The van der Waals surface area contributed by atoms with Crippen molar-refractivity contribution in [3.8, 4) is 0 Å². The molecule has 3 amide bonds. The number of alkyl halides is 3. The van der Waals surface area contributed by atoms with Crippen LogP contribution in [0.3, 0.4) is 0 Å². The average Bonchev–Trinajstić information content (AvgIpc) is 3.40. The summed E-state index contributed by atoms with van der Waals surface area (Å²) < 4.78 is 45.9. The van der Waals surface area contributed by atoms with E-state index in [2.05, 4.69) is 25.6 Å². The van der Waals surface area contributed by atoms with Crippen LogP contribution in [0.5, 0.6) is 0 Å². The largest absolute Gasteiger partial charge is 0.416 e. The van der Waals surface area contributed by atoms with Crippen molar-refractivity contribution in [3.05, 3.63) is 62.5 Å². The van der Waals surface area contributed by atoms with Gasteiger partial charge in [0.15, 0.2) is 5.69 Å². The van der Waals surface area contributed by atoms with E-state index < -0.39 is 35.5 Å². The summed E-state index contributed by atoms with van der Waals surface area (Å²) in [6.07, 6.45) is -2.44. The summed E-state index contributed by atoms with van der Waals surface area (Å²) in [5.41, 5.74) is 3.94. The summed E-state index contributed by atoms with van der Waals surface area (Å²) in [5.74, 6) is -2.06. The number of halogens is 4. The molecular weight excluding hydrogens is 563 g/mol. The molecule has 1 unspecified atom stereocenters. The van der Waals surface area contributed by atoms with Gasteiger partial charge in [0.2, 0.25) is 0 Å². The number of hydrogen-bond acceptors (Lipinski definition) is 9. The number of anilines is 2. The molecule has 0 radical (unpaired) electrons. The summed E-state index contributed by atoms with van der Waals surface area (Å²) >= 11 is 6.89. The fraction of sp³-hybridized carbons (Fsp3) is 0.304. The Hall–Kier alpha value is -3.82. The van der Waals surface area contributed by atoms with E-state index in [-0.39, 0.29) is 59.0 Å². The van der Waals surface area contributed by atoms with Crippen LogP contribution in [0, 0.1) is 0 Å². The normalized spacial score (nSPS) is 14.5. The predicted molar refractivity (Wildman–Crippen MR) is 136 cm³/mol. The van der Waals surface area contributed by atoms with Crippen molar-refractivity contribution in [2.75, 3.05) is 37.4 Å². The number of nitrogens with two attached hydrogens (primary N) is 1. The van der Waals surface area contributed by atoms with Crippen molar-refractivity contribution in [1.29, 1.82) is 0 Å². The quantitative estimate of drug-likeness (QED) is 0.399. The molecule has 4 rings (SSSR count). The topological polar surface area (TPSA) is 152 Å². The molecule has 39 heavy (non-hydrogen) atoms. The molecule has 0 bridgehead atoms. The van der Waals surface area contributed by atoms with E-state index in [1.165, 1.54) is 17.2 Å². The van der Waals surface area contributed by atoms with Crippen molar-refractivity contribution >= 4 is 52.2 Å². The highest BCUT2D eigenvalue weighted by Gasteiger charge is 2.33. The lowest BCUT2D eigenvalue weighted by Gasteiger charge is -2.27. The molecule has 206 valence electrons. The highest BCUT2D eigenvalue weighted by Crippen LogP contribution is 2.33. The molecular formula is C23H21ClF3N7O4S. The maximum atomic E-state index is 13.6. The zero-order valence-electron chi connectivity index (χ0n) is 20.2. The number of carbonyl (C=O) groups is 3. The monoisotopic (exact) mass is 583 g/mol. The molecule has 3 aromatic rings. The SMILES string of the molecule is CC(NC(=O)c1ncnc(N)c1Cl)c1ncc(C(=O)Nc2cc(C(=O)N3CCOCC3)cc(C(F)(F)F)c2)s1. The van der Waals surface area contributed by atoms with E-state index in [4.69, 9.17) is 22.1 Å². The number of thiazole rings is 1. The number of aromatic nitrogens is 3. The molecule has 1 saturated heterocycles. The Labute approximate surface area is 228 Å². The molecule has 1 aliphatic heterocycles.